The van der Waals surface area contributed by atoms with Crippen molar-refractivity contribution in [3.63, 3.8) is 0 Å². The maximum Gasteiger partial charge on any atom is 0.275 e. The molecule has 5 aromatic rings. The van der Waals surface area contributed by atoms with E-state index in [1.165, 1.54) is 10.7 Å². The van der Waals surface area contributed by atoms with E-state index in [9.17, 15) is 18.6 Å². The number of hydrogen-bond acceptors (Lipinski definition) is 6. The third-order valence-electron chi connectivity index (χ3n) is 9.82. The molecule has 0 radical (unpaired) electrons. The second-order valence-electron chi connectivity index (χ2n) is 13.4. The molecule has 0 spiro atoms. The predicted octanol–water partition coefficient (Wildman–Crippen LogP) is 7.01. The Kier molecular flexibility index (Phi) is 12.1. The first-order chi connectivity index (χ1) is 25.6. The fourth-order valence-corrected chi connectivity index (χ4v) is 7.75. The largest absolute Gasteiger partial charge is 0.337 e. The van der Waals surface area contributed by atoms with Crippen molar-refractivity contribution in [3.8, 4) is 5.69 Å². The number of carbonyl (C=O) groups excluding carboxylic acids is 3. The minimum Gasteiger partial charge on any atom is -0.337 e. The van der Waals surface area contributed by atoms with E-state index < -0.39 is 16.9 Å². The highest BCUT2D eigenvalue weighted by Gasteiger charge is 2.33. The van der Waals surface area contributed by atoms with Crippen LogP contribution in [0.1, 0.15) is 87.6 Å². The Morgan fingerprint density at radius 2 is 1.60 bits per heavy atom. The molecule has 0 aliphatic carbocycles. The number of carbonyl (C=O) groups is 3. The molecule has 1 aliphatic rings. The van der Waals surface area contributed by atoms with Gasteiger partial charge in [-0.1, -0.05) is 92.9 Å². The number of aromatic nitrogens is 2. The minimum atomic E-state index is -1.87. The summed E-state index contributed by atoms with van der Waals surface area (Å²) in [5, 5.41) is 6.80. The van der Waals surface area contributed by atoms with Crippen LogP contribution in [0, 0.1) is 6.92 Å². The fraction of sp³-hybridized carbons (Fsp3) is 0.317. The molecule has 276 valence electrons. The number of benzene rings is 4. The number of nitrogens with one attached hydrogen (secondary N) is 1. The van der Waals surface area contributed by atoms with Crippen LogP contribution in [0.15, 0.2) is 89.8 Å². The van der Waals surface area contributed by atoms with Crippen LogP contribution in [-0.4, -0.2) is 67.2 Å². The Bertz CT molecular complexity index is 2180. The highest BCUT2D eigenvalue weighted by molar-refractivity contribution is 7.83. The Hall–Kier alpha value is -4.84. The van der Waals surface area contributed by atoms with E-state index in [0.29, 0.717) is 42.3 Å². The highest BCUT2D eigenvalue weighted by atomic mass is 35.5. The molecule has 1 unspecified atom stereocenters. The summed E-state index contributed by atoms with van der Waals surface area (Å²) < 4.78 is 17.5. The van der Waals surface area contributed by atoms with Gasteiger partial charge in [0.1, 0.15) is 0 Å². The normalized spacial score (nSPS) is 14.5. The first kappa shape index (κ1) is 37.9. The minimum absolute atomic E-state index is 0.106. The first-order valence-electron chi connectivity index (χ1n) is 18.1. The molecule has 0 saturated heterocycles. The van der Waals surface area contributed by atoms with Crippen molar-refractivity contribution in [1.29, 1.82) is 0 Å². The van der Waals surface area contributed by atoms with Gasteiger partial charge < -0.3 is 15.5 Å². The zero-order valence-corrected chi connectivity index (χ0v) is 31.9. The summed E-state index contributed by atoms with van der Waals surface area (Å²) in [5.41, 5.74) is 9.62. The van der Waals surface area contributed by atoms with Crippen LogP contribution in [-0.2, 0) is 24.0 Å². The Balaban J connectivity index is 1.39. The van der Waals surface area contributed by atoms with Crippen LogP contribution in [0.5, 0.6) is 0 Å². The highest BCUT2D eigenvalue weighted by Crippen LogP contribution is 2.30. The van der Waals surface area contributed by atoms with Crippen LogP contribution >= 0.6 is 11.6 Å². The molecule has 4 aromatic carbocycles. The standard InChI is InChI=1S/C41H45ClN6O4S/c1-4-6-20-46(21-7-5-2)41(51)38-37(42)27(3)48(44-38)36-19-17-31(39(49)45-53(52)34-18-16-28-12-8-9-14-30(28)23-34)24-35(36)40(50)47-26-32-15-11-10-13-29(32)22-33(47)25-43/h8-19,23-24,33H,4-7,20-22,25-26,43H2,1-3H3,(H,45,49)/t33-,53?/m0/s1. The SMILES string of the molecule is CCCCN(CCCC)C(=O)c1nn(-c2ccc(C(=O)NS(=O)c3ccc4ccccc4c3)cc2C(=O)N2Cc3ccccc3C[C@H]2CN)c(C)c1Cl. The summed E-state index contributed by atoms with van der Waals surface area (Å²) in [6, 6.07) is 25.4. The molecule has 0 fully saturated rings. The molecule has 1 aliphatic heterocycles. The molecule has 53 heavy (non-hydrogen) atoms. The Morgan fingerprint density at radius 1 is 0.925 bits per heavy atom. The van der Waals surface area contributed by atoms with E-state index in [4.69, 9.17) is 22.4 Å². The van der Waals surface area contributed by atoms with Crippen molar-refractivity contribution in [2.75, 3.05) is 19.6 Å². The third-order valence-corrected chi connectivity index (χ3v) is 11.3. The van der Waals surface area contributed by atoms with Crippen LogP contribution in [0.3, 0.4) is 0 Å². The monoisotopic (exact) mass is 752 g/mol. The van der Waals surface area contributed by atoms with E-state index in [-0.39, 0.29) is 46.2 Å². The molecule has 6 rings (SSSR count). The molecular formula is C41H45ClN6O4S. The topological polar surface area (TPSA) is 131 Å². The second-order valence-corrected chi connectivity index (χ2v) is 15.0. The molecule has 0 bridgehead atoms. The summed E-state index contributed by atoms with van der Waals surface area (Å²) >= 11 is 6.85. The molecule has 12 heteroatoms. The fourth-order valence-electron chi connectivity index (χ4n) is 6.73. The van der Waals surface area contributed by atoms with Crippen LogP contribution in [0.25, 0.3) is 16.5 Å². The lowest BCUT2D eigenvalue weighted by Gasteiger charge is -2.36. The van der Waals surface area contributed by atoms with Crippen molar-refractivity contribution >= 4 is 51.1 Å². The molecule has 2 atom stereocenters. The molecule has 0 saturated carbocycles. The van der Waals surface area contributed by atoms with Gasteiger partial charge in [-0.25, -0.2) is 8.89 Å². The summed E-state index contributed by atoms with van der Waals surface area (Å²) in [7, 11) is -1.87. The molecule has 10 nitrogen and oxygen atoms in total. The lowest BCUT2D eigenvalue weighted by Crippen LogP contribution is -2.48. The molecule has 2 heterocycles. The number of amides is 3. The van der Waals surface area contributed by atoms with E-state index >= 15 is 0 Å². The van der Waals surface area contributed by atoms with E-state index in [2.05, 4.69) is 18.6 Å². The lowest BCUT2D eigenvalue weighted by atomic mass is 9.93. The van der Waals surface area contributed by atoms with Gasteiger partial charge in [0, 0.05) is 37.8 Å². The van der Waals surface area contributed by atoms with E-state index in [1.54, 1.807) is 41.0 Å². The van der Waals surface area contributed by atoms with Gasteiger partial charge in [-0.15, -0.1) is 0 Å². The van der Waals surface area contributed by atoms with Gasteiger partial charge in [0.15, 0.2) is 16.7 Å². The smallest absolute Gasteiger partial charge is 0.275 e. The lowest BCUT2D eigenvalue weighted by molar-refractivity contribution is 0.0647. The van der Waals surface area contributed by atoms with Crippen LogP contribution < -0.4 is 10.5 Å². The number of rotatable bonds is 13. The summed E-state index contributed by atoms with van der Waals surface area (Å²) in [5.74, 6) is -1.25. The quantitative estimate of drug-likeness (QED) is 0.133. The van der Waals surface area contributed by atoms with Gasteiger partial charge >= 0.3 is 0 Å². The molecule has 1 aromatic heterocycles. The zero-order chi connectivity index (χ0) is 37.6. The first-order valence-corrected chi connectivity index (χ1v) is 19.7. The molecule has 3 amide bonds. The number of unbranched alkanes of at least 4 members (excludes halogenated alkanes) is 2. The maximum absolute atomic E-state index is 14.7. The van der Waals surface area contributed by atoms with Crippen molar-refractivity contribution in [2.24, 2.45) is 5.73 Å². The summed E-state index contributed by atoms with van der Waals surface area (Å²) in [4.78, 5) is 46.2. The summed E-state index contributed by atoms with van der Waals surface area (Å²) in [6.07, 6.45) is 4.14. The predicted molar refractivity (Wildman–Crippen MR) is 210 cm³/mol. The number of nitrogens with zero attached hydrogens (tertiary/aromatic N) is 4. The van der Waals surface area contributed by atoms with E-state index in [1.807, 2.05) is 54.6 Å². The molecular weight excluding hydrogens is 708 g/mol. The average molecular weight is 753 g/mol. The van der Waals surface area contributed by atoms with E-state index in [0.717, 1.165) is 47.6 Å². The number of hydrogen-bond donors (Lipinski definition) is 2. The van der Waals surface area contributed by atoms with Gasteiger partial charge in [-0.2, -0.15) is 5.10 Å². The van der Waals surface area contributed by atoms with Gasteiger partial charge in [-0.3, -0.25) is 19.1 Å². The summed E-state index contributed by atoms with van der Waals surface area (Å²) in [6.45, 7) is 7.63. The Labute approximate surface area is 317 Å². The van der Waals surface area contributed by atoms with Crippen molar-refractivity contribution in [3.05, 3.63) is 124 Å². The van der Waals surface area contributed by atoms with Crippen molar-refractivity contribution < 1.29 is 18.6 Å². The van der Waals surface area contributed by atoms with Gasteiger partial charge in [0.05, 0.1) is 26.9 Å². The third kappa shape index (κ3) is 8.07. The Morgan fingerprint density at radius 3 is 2.30 bits per heavy atom. The average Bonchev–Trinajstić information content (AvgIpc) is 3.49. The van der Waals surface area contributed by atoms with Crippen LogP contribution in [0.2, 0.25) is 5.02 Å². The zero-order valence-electron chi connectivity index (χ0n) is 30.3. The maximum atomic E-state index is 14.7. The number of halogens is 1. The van der Waals surface area contributed by atoms with Crippen LogP contribution in [0.4, 0.5) is 0 Å². The van der Waals surface area contributed by atoms with Gasteiger partial charge in [0.25, 0.3) is 17.7 Å². The molecule has 3 N–H and O–H groups in total. The van der Waals surface area contributed by atoms with Gasteiger partial charge in [-0.05, 0) is 78.4 Å². The second kappa shape index (κ2) is 16.9. The van der Waals surface area contributed by atoms with Crippen molar-refractivity contribution in [2.45, 2.75) is 70.4 Å². The number of fused-ring (bicyclic) bond motifs is 2. The van der Waals surface area contributed by atoms with Gasteiger partial charge in [0.2, 0.25) is 0 Å². The number of nitrogens with two attached hydrogens (primary N) is 1. The van der Waals surface area contributed by atoms with Crippen molar-refractivity contribution in [1.82, 2.24) is 24.3 Å².